The Morgan fingerprint density at radius 3 is 2.56 bits per heavy atom. The zero-order chi connectivity index (χ0) is 12.6. The molecule has 0 heterocycles. The highest BCUT2D eigenvalue weighted by molar-refractivity contribution is 7.90. The van der Waals surface area contributed by atoms with Gasteiger partial charge in [-0.3, -0.25) is 4.79 Å². The third kappa shape index (κ3) is 11.2. The number of hydrogen-bond donors (Lipinski definition) is 1. The lowest BCUT2D eigenvalue weighted by atomic mass is 10.4. The van der Waals surface area contributed by atoms with Crippen molar-refractivity contribution in [2.24, 2.45) is 0 Å². The van der Waals surface area contributed by atoms with E-state index in [1.54, 1.807) is 0 Å². The Bertz CT molecular complexity index is 335. The number of ether oxygens (including phenoxy) is 1. The summed E-state index contributed by atoms with van der Waals surface area (Å²) < 4.78 is 26.7. The number of rotatable bonds is 8. The quantitative estimate of drug-likeness (QED) is 0.490. The molecule has 0 rings (SSSR count). The first-order valence-corrected chi connectivity index (χ1v) is 7.04. The van der Waals surface area contributed by atoms with Gasteiger partial charge in [-0.05, 0) is 6.92 Å². The highest BCUT2D eigenvalue weighted by Crippen LogP contribution is 1.89. The van der Waals surface area contributed by atoms with Crippen LogP contribution in [0.1, 0.15) is 13.3 Å². The number of carbonyl (C=O) groups excluding carboxylic acids is 1. The molecule has 5 nitrogen and oxygen atoms in total. The predicted molar refractivity (Wildman–Crippen MR) is 63.0 cm³/mol. The second kappa shape index (κ2) is 7.40. The van der Waals surface area contributed by atoms with Crippen molar-refractivity contribution in [2.45, 2.75) is 13.3 Å². The largest absolute Gasteiger partial charge is 0.375 e. The fourth-order valence-corrected chi connectivity index (χ4v) is 1.43. The Labute approximate surface area is 96.8 Å². The van der Waals surface area contributed by atoms with Gasteiger partial charge in [0.15, 0.2) is 0 Å². The number of nitrogens with one attached hydrogen (secondary N) is 1. The monoisotopic (exact) mass is 249 g/mol. The minimum absolute atomic E-state index is 0.000675. The Balaban J connectivity index is 3.48. The maximum atomic E-state index is 11.1. The van der Waals surface area contributed by atoms with Crippen molar-refractivity contribution in [1.82, 2.24) is 5.32 Å². The molecule has 1 N–H and O–H groups in total. The molecule has 0 unspecified atom stereocenters. The molecule has 0 aromatic rings. The number of sulfone groups is 1. The molecule has 0 aromatic heterocycles. The van der Waals surface area contributed by atoms with E-state index in [0.29, 0.717) is 19.8 Å². The van der Waals surface area contributed by atoms with Crippen LogP contribution in [0, 0.1) is 0 Å². The first kappa shape index (κ1) is 15.1. The highest BCUT2D eigenvalue weighted by Gasteiger charge is 2.06. The van der Waals surface area contributed by atoms with Crippen molar-refractivity contribution in [1.29, 1.82) is 0 Å². The van der Waals surface area contributed by atoms with Gasteiger partial charge in [0.2, 0.25) is 5.91 Å². The molecule has 0 aliphatic carbocycles. The molecule has 0 aromatic carbocycles. The average molecular weight is 249 g/mol. The molecular formula is C10H19NO4S. The lowest BCUT2D eigenvalue weighted by Crippen LogP contribution is -2.28. The molecule has 0 atom stereocenters. The Hall–Kier alpha value is -0.880. The van der Waals surface area contributed by atoms with Crippen LogP contribution in [0.5, 0.6) is 0 Å². The van der Waals surface area contributed by atoms with E-state index in [4.69, 9.17) is 4.74 Å². The van der Waals surface area contributed by atoms with Crippen LogP contribution in [0.15, 0.2) is 12.2 Å². The van der Waals surface area contributed by atoms with Crippen LogP contribution in [-0.2, 0) is 19.4 Å². The summed E-state index contributed by atoms with van der Waals surface area (Å²) in [6.07, 6.45) is 1.11. The molecule has 0 radical (unpaired) electrons. The van der Waals surface area contributed by atoms with Gasteiger partial charge in [0.1, 0.15) is 9.84 Å². The second-order valence-corrected chi connectivity index (χ2v) is 6.00. The van der Waals surface area contributed by atoms with Crippen molar-refractivity contribution < 1.29 is 17.9 Å². The van der Waals surface area contributed by atoms with Gasteiger partial charge in [0, 0.05) is 19.2 Å². The topological polar surface area (TPSA) is 72.5 Å². The lowest BCUT2D eigenvalue weighted by molar-refractivity contribution is -0.120. The smallest absolute Gasteiger partial charge is 0.221 e. The van der Waals surface area contributed by atoms with Crippen molar-refractivity contribution in [3.63, 3.8) is 0 Å². The zero-order valence-electron chi connectivity index (χ0n) is 9.78. The van der Waals surface area contributed by atoms with E-state index < -0.39 is 9.84 Å². The summed E-state index contributed by atoms with van der Waals surface area (Å²) in [5.41, 5.74) is 0.920. The van der Waals surface area contributed by atoms with E-state index in [9.17, 15) is 13.2 Å². The van der Waals surface area contributed by atoms with Gasteiger partial charge in [-0.2, -0.15) is 0 Å². The molecule has 0 bridgehead atoms. The Morgan fingerprint density at radius 2 is 2.06 bits per heavy atom. The molecule has 1 amide bonds. The Morgan fingerprint density at radius 1 is 1.44 bits per heavy atom. The highest BCUT2D eigenvalue weighted by atomic mass is 32.2. The molecule has 0 spiro atoms. The van der Waals surface area contributed by atoms with E-state index in [-0.39, 0.29) is 18.1 Å². The fourth-order valence-electron chi connectivity index (χ4n) is 0.876. The van der Waals surface area contributed by atoms with Crippen molar-refractivity contribution in [3.05, 3.63) is 12.2 Å². The van der Waals surface area contributed by atoms with Gasteiger partial charge in [-0.25, -0.2) is 8.42 Å². The normalized spacial score (nSPS) is 11.1. The van der Waals surface area contributed by atoms with Crippen LogP contribution in [0.3, 0.4) is 0 Å². The molecule has 0 saturated heterocycles. The standard InChI is InChI=1S/C10H19NO4S/c1-9(2)8-15-6-5-11-10(12)4-7-16(3,13)14/h1,4-8H2,2-3H3,(H,11,12). The van der Waals surface area contributed by atoms with E-state index in [1.165, 1.54) is 0 Å². The van der Waals surface area contributed by atoms with Gasteiger partial charge < -0.3 is 10.1 Å². The van der Waals surface area contributed by atoms with Gasteiger partial charge in [-0.15, -0.1) is 0 Å². The molecule has 6 heteroatoms. The Kier molecular flexibility index (Phi) is 7.00. The lowest BCUT2D eigenvalue weighted by Gasteiger charge is -2.05. The summed E-state index contributed by atoms with van der Waals surface area (Å²) >= 11 is 0. The molecule has 0 aliphatic heterocycles. The van der Waals surface area contributed by atoms with Crippen LogP contribution in [-0.4, -0.2) is 46.1 Å². The fraction of sp³-hybridized carbons (Fsp3) is 0.700. The summed E-state index contributed by atoms with van der Waals surface area (Å²) in [4.78, 5) is 11.1. The maximum Gasteiger partial charge on any atom is 0.221 e. The number of amides is 1. The van der Waals surface area contributed by atoms with Crippen LogP contribution in [0.2, 0.25) is 0 Å². The van der Waals surface area contributed by atoms with Crippen molar-refractivity contribution in [2.75, 3.05) is 31.8 Å². The summed E-state index contributed by atoms with van der Waals surface area (Å²) in [7, 11) is -3.07. The zero-order valence-corrected chi connectivity index (χ0v) is 10.6. The van der Waals surface area contributed by atoms with Crippen molar-refractivity contribution in [3.8, 4) is 0 Å². The first-order valence-electron chi connectivity index (χ1n) is 4.98. The second-order valence-electron chi connectivity index (χ2n) is 3.74. The summed E-state index contributed by atoms with van der Waals surface area (Å²) in [6.45, 7) is 6.77. The van der Waals surface area contributed by atoms with Gasteiger partial charge in [0.05, 0.1) is 19.0 Å². The number of hydrogen-bond acceptors (Lipinski definition) is 4. The van der Waals surface area contributed by atoms with E-state index >= 15 is 0 Å². The van der Waals surface area contributed by atoms with Crippen LogP contribution < -0.4 is 5.32 Å². The minimum atomic E-state index is -3.07. The minimum Gasteiger partial charge on any atom is -0.375 e. The summed E-state index contributed by atoms with van der Waals surface area (Å²) in [5.74, 6) is -0.393. The molecule has 0 aliphatic rings. The molecule has 16 heavy (non-hydrogen) atoms. The van der Waals surface area contributed by atoms with E-state index in [0.717, 1.165) is 11.8 Å². The van der Waals surface area contributed by atoms with Crippen LogP contribution >= 0.6 is 0 Å². The summed E-state index contributed by atoms with van der Waals surface area (Å²) in [5, 5.41) is 2.57. The summed E-state index contributed by atoms with van der Waals surface area (Å²) in [6, 6.07) is 0. The first-order chi connectivity index (χ1) is 7.31. The van der Waals surface area contributed by atoms with Gasteiger partial charge in [0.25, 0.3) is 0 Å². The van der Waals surface area contributed by atoms with E-state index in [1.807, 2.05) is 6.92 Å². The predicted octanol–water partition coefficient (Wildman–Crippen LogP) is 0.130. The SMILES string of the molecule is C=C(C)COCCNC(=O)CCS(C)(=O)=O. The molecular weight excluding hydrogens is 230 g/mol. The van der Waals surface area contributed by atoms with Crippen LogP contribution in [0.25, 0.3) is 0 Å². The molecule has 0 saturated carbocycles. The average Bonchev–Trinajstić information content (AvgIpc) is 2.12. The van der Waals surface area contributed by atoms with Crippen LogP contribution in [0.4, 0.5) is 0 Å². The maximum absolute atomic E-state index is 11.1. The van der Waals surface area contributed by atoms with Gasteiger partial charge in [-0.1, -0.05) is 12.2 Å². The van der Waals surface area contributed by atoms with Gasteiger partial charge >= 0.3 is 0 Å². The number of carbonyl (C=O) groups is 1. The third-order valence-electron chi connectivity index (χ3n) is 1.62. The van der Waals surface area contributed by atoms with Crippen molar-refractivity contribution >= 4 is 15.7 Å². The van der Waals surface area contributed by atoms with E-state index in [2.05, 4.69) is 11.9 Å². The molecule has 0 fully saturated rings. The molecule has 94 valence electrons. The third-order valence-corrected chi connectivity index (χ3v) is 2.56.